The number of carboxylic acid groups (broad SMARTS) is 1. The van der Waals surface area contributed by atoms with Crippen LogP contribution in [0.5, 0.6) is 0 Å². The standard InChI is InChI=1S/C33H33F4N3O3/c1-31(2,34)19-27(29(41)39-26(20-38)18-21-6-4-3-5-7-21)40-28(33(35,36)37)24-10-8-22(9-11-24)23-12-14-25(15-13-23)32(16-17-32)30(42)43/h3-15,26-28,40H,16-19H2,1-2H3,(H,39,41)(H,42,43). The van der Waals surface area contributed by atoms with Gasteiger partial charge >= 0.3 is 12.1 Å². The Balaban J connectivity index is 1.53. The summed E-state index contributed by atoms with van der Waals surface area (Å²) in [5.41, 5.74) is -0.266. The van der Waals surface area contributed by atoms with Crippen molar-refractivity contribution >= 4 is 11.9 Å². The van der Waals surface area contributed by atoms with Crippen molar-refractivity contribution in [2.24, 2.45) is 0 Å². The van der Waals surface area contributed by atoms with Gasteiger partial charge in [0.2, 0.25) is 5.91 Å². The molecule has 10 heteroatoms. The average molecular weight is 596 g/mol. The summed E-state index contributed by atoms with van der Waals surface area (Å²) in [5.74, 6) is -1.79. The maximum absolute atomic E-state index is 14.7. The van der Waals surface area contributed by atoms with Gasteiger partial charge in [-0.05, 0) is 54.5 Å². The molecule has 0 radical (unpaired) electrons. The van der Waals surface area contributed by atoms with Crippen molar-refractivity contribution in [3.63, 3.8) is 0 Å². The molecule has 3 atom stereocenters. The molecule has 0 aromatic heterocycles. The predicted octanol–water partition coefficient (Wildman–Crippen LogP) is 6.42. The molecule has 1 aliphatic rings. The van der Waals surface area contributed by atoms with Crippen LogP contribution in [0.4, 0.5) is 17.6 Å². The molecular weight excluding hydrogens is 562 g/mol. The average Bonchev–Trinajstić information content (AvgIpc) is 3.77. The Morgan fingerprint density at radius 2 is 1.49 bits per heavy atom. The molecular formula is C33H33F4N3O3. The zero-order chi connectivity index (χ0) is 31.4. The Morgan fingerprint density at radius 1 is 0.930 bits per heavy atom. The molecule has 3 aromatic carbocycles. The highest BCUT2D eigenvalue weighted by atomic mass is 19.4. The van der Waals surface area contributed by atoms with Crippen LogP contribution in [0.25, 0.3) is 11.1 Å². The van der Waals surface area contributed by atoms with Gasteiger partial charge in [-0.3, -0.25) is 14.9 Å². The lowest BCUT2D eigenvalue weighted by molar-refractivity contribution is -0.161. The second kappa shape index (κ2) is 12.6. The summed E-state index contributed by atoms with van der Waals surface area (Å²) in [7, 11) is 0. The molecule has 0 spiro atoms. The number of hydrogen-bond donors (Lipinski definition) is 3. The van der Waals surface area contributed by atoms with Crippen molar-refractivity contribution in [3.05, 3.63) is 95.6 Å². The summed E-state index contributed by atoms with van der Waals surface area (Å²) in [4.78, 5) is 24.8. The minimum atomic E-state index is -4.82. The van der Waals surface area contributed by atoms with Crippen molar-refractivity contribution in [1.82, 2.24) is 10.6 Å². The number of aliphatic carboxylic acids is 1. The van der Waals surface area contributed by atoms with Gasteiger partial charge in [-0.15, -0.1) is 0 Å². The number of carbonyl (C=O) groups excluding carboxylic acids is 1. The zero-order valence-corrected chi connectivity index (χ0v) is 23.8. The number of rotatable bonds is 12. The zero-order valence-electron chi connectivity index (χ0n) is 23.8. The molecule has 1 amide bonds. The number of carboxylic acids is 1. The van der Waals surface area contributed by atoms with Crippen molar-refractivity contribution in [2.45, 2.75) is 74.9 Å². The lowest BCUT2D eigenvalue weighted by Crippen LogP contribution is -2.53. The van der Waals surface area contributed by atoms with Gasteiger partial charge in [0.1, 0.15) is 17.8 Å². The third kappa shape index (κ3) is 7.99. The quantitative estimate of drug-likeness (QED) is 0.210. The molecule has 0 aliphatic heterocycles. The van der Waals surface area contributed by atoms with E-state index in [0.29, 0.717) is 29.5 Å². The minimum Gasteiger partial charge on any atom is -0.481 e. The number of hydrogen-bond acceptors (Lipinski definition) is 4. The first-order valence-electron chi connectivity index (χ1n) is 13.9. The molecule has 3 aromatic rings. The summed E-state index contributed by atoms with van der Waals surface area (Å²) < 4.78 is 57.7. The van der Waals surface area contributed by atoms with Gasteiger partial charge in [0, 0.05) is 12.8 Å². The Kier molecular flexibility index (Phi) is 9.26. The van der Waals surface area contributed by atoms with Crippen LogP contribution in [0, 0.1) is 11.3 Å². The lowest BCUT2D eigenvalue weighted by Gasteiger charge is -2.30. The Bertz CT molecular complexity index is 1460. The van der Waals surface area contributed by atoms with E-state index in [1.165, 1.54) is 38.1 Å². The maximum Gasteiger partial charge on any atom is 0.407 e. The van der Waals surface area contributed by atoms with Gasteiger partial charge in [0.05, 0.1) is 17.5 Å². The SMILES string of the molecule is CC(C)(F)CC(NC(c1ccc(-c2ccc(C3(C(=O)O)CC3)cc2)cc1)C(F)(F)F)C(=O)NC(C#N)Cc1ccccc1. The van der Waals surface area contributed by atoms with Gasteiger partial charge in [0.15, 0.2) is 0 Å². The van der Waals surface area contributed by atoms with E-state index in [1.54, 1.807) is 54.6 Å². The van der Waals surface area contributed by atoms with Crippen LogP contribution in [-0.2, 0) is 21.4 Å². The molecule has 3 unspecified atom stereocenters. The van der Waals surface area contributed by atoms with Gasteiger partial charge < -0.3 is 10.4 Å². The van der Waals surface area contributed by atoms with E-state index in [-0.39, 0.29) is 12.0 Å². The smallest absolute Gasteiger partial charge is 0.407 e. The van der Waals surface area contributed by atoms with Gasteiger partial charge in [0.25, 0.3) is 0 Å². The minimum absolute atomic E-state index is 0.136. The molecule has 0 heterocycles. The molecule has 0 saturated heterocycles. The first-order chi connectivity index (χ1) is 20.2. The molecule has 6 nitrogen and oxygen atoms in total. The van der Waals surface area contributed by atoms with E-state index in [1.807, 2.05) is 6.07 Å². The number of carbonyl (C=O) groups is 2. The topological polar surface area (TPSA) is 102 Å². The summed E-state index contributed by atoms with van der Waals surface area (Å²) >= 11 is 0. The normalized spacial score (nSPS) is 16.4. The number of alkyl halides is 4. The Hall–Kier alpha value is -4.23. The van der Waals surface area contributed by atoms with Crippen LogP contribution in [-0.4, -0.2) is 40.9 Å². The Labute approximate surface area is 247 Å². The second-order valence-corrected chi connectivity index (χ2v) is 11.6. The number of halogens is 4. The van der Waals surface area contributed by atoms with Crippen molar-refractivity contribution in [3.8, 4) is 17.2 Å². The van der Waals surface area contributed by atoms with Crippen molar-refractivity contribution < 1.29 is 32.3 Å². The predicted molar refractivity (Wildman–Crippen MR) is 154 cm³/mol. The molecule has 43 heavy (non-hydrogen) atoms. The molecule has 1 aliphatic carbocycles. The maximum atomic E-state index is 14.7. The van der Waals surface area contributed by atoms with Crippen LogP contribution in [0.3, 0.4) is 0 Å². The fourth-order valence-corrected chi connectivity index (χ4v) is 5.15. The van der Waals surface area contributed by atoms with Gasteiger partial charge in [-0.25, -0.2) is 4.39 Å². The summed E-state index contributed by atoms with van der Waals surface area (Å²) in [5, 5.41) is 23.9. The van der Waals surface area contributed by atoms with Crippen molar-refractivity contribution in [1.29, 1.82) is 5.26 Å². The van der Waals surface area contributed by atoms with E-state index >= 15 is 0 Å². The van der Waals surface area contributed by atoms with Crippen LogP contribution in [0.1, 0.15) is 55.8 Å². The lowest BCUT2D eigenvalue weighted by atomic mass is 9.93. The first kappa shape index (κ1) is 31.7. The molecule has 3 N–H and O–H groups in total. The monoisotopic (exact) mass is 595 g/mol. The van der Waals surface area contributed by atoms with E-state index in [4.69, 9.17) is 0 Å². The van der Waals surface area contributed by atoms with Crippen molar-refractivity contribution in [2.75, 3.05) is 0 Å². The van der Waals surface area contributed by atoms with E-state index < -0.39 is 53.7 Å². The Morgan fingerprint density at radius 3 is 1.95 bits per heavy atom. The van der Waals surface area contributed by atoms with Crippen LogP contribution < -0.4 is 10.6 Å². The fourth-order valence-electron chi connectivity index (χ4n) is 5.15. The first-order valence-corrected chi connectivity index (χ1v) is 13.9. The van der Waals surface area contributed by atoms with Gasteiger partial charge in [-0.2, -0.15) is 18.4 Å². The summed E-state index contributed by atoms with van der Waals surface area (Å²) in [6.07, 6.45) is -4.12. The highest BCUT2D eigenvalue weighted by Crippen LogP contribution is 2.48. The van der Waals surface area contributed by atoms with E-state index in [2.05, 4.69) is 10.6 Å². The van der Waals surface area contributed by atoms with E-state index in [0.717, 1.165) is 5.56 Å². The number of nitriles is 1. The number of amides is 1. The van der Waals surface area contributed by atoms with Crippen LogP contribution >= 0.6 is 0 Å². The summed E-state index contributed by atoms with van der Waals surface area (Å²) in [6.45, 7) is 2.34. The van der Waals surface area contributed by atoms with E-state index in [9.17, 15) is 37.5 Å². The molecule has 0 bridgehead atoms. The molecule has 1 saturated carbocycles. The van der Waals surface area contributed by atoms with Gasteiger partial charge in [-0.1, -0.05) is 78.9 Å². The number of nitrogens with zero attached hydrogens (tertiary/aromatic N) is 1. The van der Waals surface area contributed by atoms with Crippen LogP contribution in [0.2, 0.25) is 0 Å². The number of benzene rings is 3. The number of nitrogens with one attached hydrogen (secondary N) is 2. The fraction of sp³-hybridized carbons (Fsp3) is 0.364. The van der Waals surface area contributed by atoms with Crippen LogP contribution in [0.15, 0.2) is 78.9 Å². The second-order valence-electron chi connectivity index (χ2n) is 11.6. The molecule has 1 fully saturated rings. The largest absolute Gasteiger partial charge is 0.481 e. The third-order valence-electron chi connectivity index (χ3n) is 7.63. The summed E-state index contributed by atoms with van der Waals surface area (Å²) in [6, 6.07) is 18.4. The molecule has 226 valence electrons. The highest BCUT2D eigenvalue weighted by Gasteiger charge is 2.51. The highest BCUT2D eigenvalue weighted by molar-refractivity contribution is 5.85. The third-order valence-corrected chi connectivity index (χ3v) is 7.63. The molecule has 4 rings (SSSR count).